The summed E-state index contributed by atoms with van der Waals surface area (Å²) in [6, 6.07) is 3.73. The number of rotatable bonds is 2. The molecule has 108 valence electrons. The number of fused-ring (bicyclic) bond motifs is 1. The topological polar surface area (TPSA) is 24.9 Å². The van der Waals surface area contributed by atoms with E-state index >= 15 is 0 Å². The van der Waals surface area contributed by atoms with E-state index in [0.29, 0.717) is 10.6 Å². The average molecular weight is 300 g/mol. The number of hydrogen-bond acceptors (Lipinski definition) is 3. The fraction of sp³-hybridized carbons (Fsp3) is 0.500. The highest BCUT2D eigenvalue weighted by Gasteiger charge is 2.32. The van der Waals surface area contributed by atoms with Crippen molar-refractivity contribution < 1.29 is 13.2 Å². The van der Waals surface area contributed by atoms with Crippen molar-refractivity contribution in [2.75, 3.05) is 5.32 Å². The molecule has 20 heavy (non-hydrogen) atoms. The lowest BCUT2D eigenvalue weighted by molar-refractivity contribution is -0.137. The van der Waals surface area contributed by atoms with Crippen LogP contribution >= 0.6 is 11.3 Å². The Labute approximate surface area is 119 Å². The summed E-state index contributed by atoms with van der Waals surface area (Å²) in [7, 11) is 0. The van der Waals surface area contributed by atoms with Gasteiger partial charge in [-0.05, 0) is 38.0 Å². The Morgan fingerprint density at radius 3 is 2.60 bits per heavy atom. The van der Waals surface area contributed by atoms with Crippen LogP contribution in [0.4, 0.5) is 18.3 Å². The first-order chi connectivity index (χ1) is 9.36. The maximum absolute atomic E-state index is 12.7. The molecule has 0 amide bonds. The highest BCUT2D eigenvalue weighted by Crippen LogP contribution is 2.37. The van der Waals surface area contributed by atoms with Gasteiger partial charge in [0, 0.05) is 5.54 Å². The molecule has 1 aromatic carbocycles. The maximum atomic E-state index is 12.7. The van der Waals surface area contributed by atoms with Gasteiger partial charge >= 0.3 is 6.18 Å². The molecule has 1 aliphatic rings. The second-order valence-electron chi connectivity index (χ2n) is 5.59. The van der Waals surface area contributed by atoms with E-state index in [-0.39, 0.29) is 5.54 Å². The molecular formula is C14H15F3N2S. The number of alkyl halides is 3. The third kappa shape index (κ3) is 2.61. The molecule has 6 heteroatoms. The SMILES string of the molecule is CC1(Nc2nc3cc(C(F)(F)F)ccc3s2)CCCC1. The van der Waals surface area contributed by atoms with Crippen LogP contribution in [0.2, 0.25) is 0 Å². The van der Waals surface area contributed by atoms with Crippen LogP contribution < -0.4 is 5.32 Å². The normalized spacial score (nSPS) is 18.6. The molecule has 1 N–H and O–H groups in total. The number of nitrogens with one attached hydrogen (secondary N) is 1. The number of halogens is 3. The summed E-state index contributed by atoms with van der Waals surface area (Å²) in [5.74, 6) is 0. The first kappa shape index (κ1) is 13.7. The second-order valence-corrected chi connectivity index (χ2v) is 6.62. The fourth-order valence-corrected chi connectivity index (χ4v) is 3.69. The number of aromatic nitrogens is 1. The van der Waals surface area contributed by atoms with E-state index in [1.165, 1.54) is 30.2 Å². The Hall–Kier alpha value is -1.30. The van der Waals surface area contributed by atoms with Gasteiger partial charge in [-0.1, -0.05) is 24.2 Å². The van der Waals surface area contributed by atoms with Crippen molar-refractivity contribution >= 4 is 26.7 Å². The Bertz CT molecular complexity index is 627. The zero-order valence-electron chi connectivity index (χ0n) is 11.0. The smallest absolute Gasteiger partial charge is 0.356 e. The molecule has 0 atom stereocenters. The molecule has 1 heterocycles. The highest BCUT2D eigenvalue weighted by atomic mass is 32.1. The van der Waals surface area contributed by atoms with Crippen LogP contribution in [0.25, 0.3) is 10.2 Å². The van der Waals surface area contributed by atoms with E-state index in [0.717, 1.165) is 29.7 Å². The third-order valence-electron chi connectivity index (χ3n) is 3.83. The number of hydrogen-bond donors (Lipinski definition) is 1. The Morgan fingerprint density at radius 1 is 1.25 bits per heavy atom. The molecule has 0 saturated heterocycles. The van der Waals surface area contributed by atoms with Crippen LogP contribution in [0.15, 0.2) is 18.2 Å². The van der Waals surface area contributed by atoms with Crippen molar-refractivity contribution in [3.63, 3.8) is 0 Å². The van der Waals surface area contributed by atoms with Gasteiger partial charge in [-0.3, -0.25) is 0 Å². The minimum Gasteiger partial charge on any atom is -0.356 e. The summed E-state index contributed by atoms with van der Waals surface area (Å²) in [5.41, 5.74) is -0.205. The summed E-state index contributed by atoms with van der Waals surface area (Å²) < 4.78 is 38.8. The van der Waals surface area contributed by atoms with Crippen molar-refractivity contribution in [2.45, 2.75) is 44.3 Å². The molecule has 3 rings (SSSR count). The molecule has 0 radical (unpaired) electrons. The monoisotopic (exact) mass is 300 g/mol. The first-order valence-electron chi connectivity index (χ1n) is 6.62. The van der Waals surface area contributed by atoms with Gasteiger partial charge in [-0.25, -0.2) is 4.98 Å². The van der Waals surface area contributed by atoms with E-state index in [2.05, 4.69) is 17.2 Å². The van der Waals surface area contributed by atoms with Gasteiger partial charge < -0.3 is 5.32 Å². The van der Waals surface area contributed by atoms with Crippen molar-refractivity contribution in [3.05, 3.63) is 23.8 Å². The van der Waals surface area contributed by atoms with Gasteiger partial charge in [0.25, 0.3) is 0 Å². The standard InChI is InChI=1S/C14H15F3N2S/c1-13(6-2-3-7-13)19-12-18-10-8-9(14(15,16)17)4-5-11(10)20-12/h4-5,8H,2-3,6-7H2,1H3,(H,18,19). The number of benzene rings is 1. The summed E-state index contributed by atoms with van der Waals surface area (Å²) in [5, 5.41) is 4.10. The van der Waals surface area contributed by atoms with E-state index in [1.807, 2.05) is 0 Å². The molecule has 1 fully saturated rings. The summed E-state index contributed by atoms with van der Waals surface area (Å²) in [4.78, 5) is 4.30. The van der Waals surface area contributed by atoms with Crippen LogP contribution in [0.5, 0.6) is 0 Å². The van der Waals surface area contributed by atoms with Gasteiger partial charge in [0.15, 0.2) is 5.13 Å². The number of nitrogens with zero attached hydrogens (tertiary/aromatic N) is 1. The molecule has 1 saturated carbocycles. The molecular weight excluding hydrogens is 285 g/mol. The van der Waals surface area contributed by atoms with Gasteiger partial charge in [-0.15, -0.1) is 0 Å². The quantitative estimate of drug-likeness (QED) is 0.838. The van der Waals surface area contributed by atoms with Crippen LogP contribution in [0, 0.1) is 0 Å². The predicted molar refractivity (Wildman–Crippen MR) is 75.1 cm³/mol. The van der Waals surface area contributed by atoms with Gasteiger partial charge in [-0.2, -0.15) is 13.2 Å². The minimum absolute atomic E-state index is 0.0285. The van der Waals surface area contributed by atoms with Crippen molar-refractivity contribution in [1.29, 1.82) is 0 Å². The lowest BCUT2D eigenvalue weighted by atomic mass is 10.0. The molecule has 1 aromatic heterocycles. The largest absolute Gasteiger partial charge is 0.416 e. The Balaban J connectivity index is 1.90. The molecule has 0 bridgehead atoms. The van der Waals surface area contributed by atoms with Crippen LogP contribution in [0.1, 0.15) is 38.2 Å². The zero-order chi connectivity index (χ0) is 14.4. The molecule has 1 aliphatic carbocycles. The lowest BCUT2D eigenvalue weighted by Crippen LogP contribution is -2.30. The predicted octanol–water partition coefficient (Wildman–Crippen LogP) is 5.06. The Kier molecular flexibility index (Phi) is 3.16. The zero-order valence-corrected chi connectivity index (χ0v) is 11.9. The summed E-state index contributed by atoms with van der Waals surface area (Å²) in [6.45, 7) is 2.15. The molecule has 0 spiro atoms. The minimum atomic E-state index is -4.32. The lowest BCUT2D eigenvalue weighted by Gasteiger charge is -2.24. The van der Waals surface area contributed by atoms with Gasteiger partial charge in [0.1, 0.15) is 0 Å². The second kappa shape index (κ2) is 4.62. The van der Waals surface area contributed by atoms with E-state index in [1.54, 1.807) is 0 Å². The van der Waals surface area contributed by atoms with Gasteiger partial charge in [0.2, 0.25) is 0 Å². The molecule has 2 aromatic rings. The molecule has 0 aliphatic heterocycles. The fourth-order valence-electron chi connectivity index (χ4n) is 2.70. The van der Waals surface area contributed by atoms with Crippen LogP contribution in [-0.4, -0.2) is 10.5 Å². The number of anilines is 1. The third-order valence-corrected chi connectivity index (χ3v) is 4.78. The van der Waals surface area contributed by atoms with Crippen LogP contribution in [0.3, 0.4) is 0 Å². The summed E-state index contributed by atoms with van der Waals surface area (Å²) in [6.07, 6.45) is 0.218. The number of thiazole rings is 1. The van der Waals surface area contributed by atoms with E-state index in [9.17, 15) is 13.2 Å². The van der Waals surface area contributed by atoms with Crippen molar-refractivity contribution in [2.24, 2.45) is 0 Å². The summed E-state index contributed by atoms with van der Waals surface area (Å²) >= 11 is 1.41. The molecule has 2 nitrogen and oxygen atoms in total. The van der Waals surface area contributed by atoms with E-state index < -0.39 is 11.7 Å². The molecule has 0 unspecified atom stereocenters. The van der Waals surface area contributed by atoms with Crippen molar-refractivity contribution in [1.82, 2.24) is 4.98 Å². The van der Waals surface area contributed by atoms with Crippen molar-refractivity contribution in [3.8, 4) is 0 Å². The van der Waals surface area contributed by atoms with Crippen LogP contribution in [-0.2, 0) is 6.18 Å². The maximum Gasteiger partial charge on any atom is 0.416 e. The van der Waals surface area contributed by atoms with E-state index in [4.69, 9.17) is 0 Å². The average Bonchev–Trinajstić information content (AvgIpc) is 2.92. The first-order valence-corrected chi connectivity index (χ1v) is 7.43. The Morgan fingerprint density at radius 2 is 1.95 bits per heavy atom. The van der Waals surface area contributed by atoms with Gasteiger partial charge in [0.05, 0.1) is 15.8 Å². The highest BCUT2D eigenvalue weighted by molar-refractivity contribution is 7.22.